The molecule has 1 amide bonds. The third kappa shape index (κ3) is 4.76. The first-order chi connectivity index (χ1) is 12.5. The maximum atomic E-state index is 11.2. The van der Waals surface area contributed by atoms with Crippen LogP contribution >= 0.6 is 0 Å². The Balaban J connectivity index is 1.57. The molecule has 2 aliphatic rings. The van der Waals surface area contributed by atoms with Gasteiger partial charge >= 0.3 is 6.09 Å². The van der Waals surface area contributed by atoms with E-state index in [2.05, 4.69) is 35.9 Å². The summed E-state index contributed by atoms with van der Waals surface area (Å²) in [5, 5.41) is 9.22. The third-order valence-electron chi connectivity index (χ3n) is 5.98. The molecule has 0 bridgehead atoms. The first kappa shape index (κ1) is 19.2. The fourth-order valence-corrected chi connectivity index (χ4v) is 4.59. The molecule has 0 saturated carbocycles. The van der Waals surface area contributed by atoms with Crippen LogP contribution < -0.4 is 0 Å². The molecule has 1 atom stereocenters. The van der Waals surface area contributed by atoms with Gasteiger partial charge in [0, 0.05) is 31.0 Å². The van der Waals surface area contributed by atoms with Crippen LogP contribution in [0.1, 0.15) is 63.1 Å². The summed E-state index contributed by atoms with van der Waals surface area (Å²) in [6.07, 6.45) is 7.69. The first-order valence-corrected chi connectivity index (χ1v) is 10.2. The number of hydrogen-bond acceptors (Lipinski definition) is 3. The van der Waals surface area contributed by atoms with E-state index in [1.807, 2.05) is 6.20 Å². The zero-order valence-electron chi connectivity index (χ0n) is 16.2. The van der Waals surface area contributed by atoms with Gasteiger partial charge in [-0.2, -0.15) is 0 Å². The number of hydrogen-bond donors (Lipinski definition) is 1. The summed E-state index contributed by atoms with van der Waals surface area (Å²) < 4.78 is 0. The van der Waals surface area contributed by atoms with Crippen molar-refractivity contribution in [2.24, 2.45) is 5.92 Å². The molecule has 2 aliphatic heterocycles. The Morgan fingerprint density at radius 3 is 2.65 bits per heavy atom. The average molecular weight is 360 g/mol. The van der Waals surface area contributed by atoms with Gasteiger partial charge in [-0.1, -0.05) is 19.9 Å². The van der Waals surface area contributed by atoms with Gasteiger partial charge in [-0.15, -0.1) is 0 Å². The zero-order chi connectivity index (χ0) is 18.5. The smallest absolute Gasteiger partial charge is 0.407 e. The molecule has 0 aromatic carbocycles. The van der Waals surface area contributed by atoms with Crippen molar-refractivity contribution in [2.75, 3.05) is 26.2 Å². The number of piperidine rings is 1. The molecule has 144 valence electrons. The molecule has 1 unspecified atom stereocenters. The van der Waals surface area contributed by atoms with E-state index in [0.29, 0.717) is 31.0 Å². The lowest BCUT2D eigenvalue weighted by Crippen LogP contribution is -2.41. The molecule has 3 heterocycles. The highest BCUT2D eigenvalue weighted by Gasteiger charge is 2.29. The molecular formula is C21H33N3O2. The molecule has 2 saturated heterocycles. The summed E-state index contributed by atoms with van der Waals surface area (Å²) in [6, 6.07) is 4.91. The van der Waals surface area contributed by atoms with Gasteiger partial charge in [-0.3, -0.25) is 4.98 Å². The molecule has 26 heavy (non-hydrogen) atoms. The van der Waals surface area contributed by atoms with Gasteiger partial charge < -0.3 is 14.9 Å². The van der Waals surface area contributed by atoms with Crippen molar-refractivity contribution in [1.29, 1.82) is 0 Å². The fourth-order valence-electron chi connectivity index (χ4n) is 4.59. The van der Waals surface area contributed by atoms with Gasteiger partial charge in [0.05, 0.1) is 0 Å². The van der Waals surface area contributed by atoms with Crippen LogP contribution in [-0.4, -0.2) is 58.2 Å². The molecule has 3 rings (SSSR count). The Bertz CT molecular complexity index is 597. The molecule has 5 nitrogen and oxygen atoms in total. The highest BCUT2D eigenvalue weighted by atomic mass is 16.4. The number of aromatic nitrogens is 1. The van der Waals surface area contributed by atoms with Gasteiger partial charge in [-0.05, 0) is 75.1 Å². The lowest BCUT2D eigenvalue weighted by atomic mass is 9.86. The number of likely N-dealkylation sites (tertiary alicyclic amines) is 2. The Morgan fingerprint density at radius 2 is 1.96 bits per heavy atom. The van der Waals surface area contributed by atoms with Crippen molar-refractivity contribution in [1.82, 2.24) is 14.8 Å². The summed E-state index contributed by atoms with van der Waals surface area (Å²) in [6.45, 7) is 8.13. The second-order valence-corrected chi connectivity index (χ2v) is 8.30. The second-order valence-electron chi connectivity index (χ2n) is 8.30. The van der Waals surface area contributed by atoms with E-state index in [9.17, 15) is 9.90 Å². The summed E-state index contributed by atoms with van der Waals surface area (Å²) in [5.41, 5.74) is 2.74. The van der Waals surface area contributed by atoms with Crippen LogP contribution in [0.4, 0.5) is 4.79 Å². The molecule has 1 N–H and O–H groups in total. The van der Waals surface area contributed by atoms with E-state index < -0.39 is 6.09 Å². The molecule has 1 aromatic rings. The third-order valence-corrected chi connectivity index (χ3v) is 5.98. The van der Waals surface area contributed by atoms with Gasteiger partial charge in [0.25, 0.3) is 0 Å². The van der Waals surface area contributed by atoms with Crippen LogP contribution in [0.25, 0.3) is 0 Å². The highest BCUT2D eigenvalue weighted by Crippen LogP contribution is 2.32. The highest BCUT2D eigenvalue weighted by molar-refractivity contribution is 5.64. The van der Waals surface area contributed by atoms with Crippen LogP contribution in [-0.2, 0) is 6.42 Å². The Morgan fingerprint density at radius 1 is 1.19 bits per heavy atom. The molecular weight excluding hydrogens is 326 g/mol. The number of rotatable bonds is 4. The van der Waals surface area contributed by atoms with Crippen LogP contribution in [0.3, 0.4) is 0 Å². The van der Waals surface area contributed by atoms with Crippen molar-refractivity contribution in [3.63, 3.8) is 0 Å². The normalized spacial score (nSPS) is 23.2. The SMILES string of the molecule is CC(C)Cc1ncccc1C1CCN(C2CCCN(C(=O)O)CC2)CC1. The number of amides is 1. The molecule has 0 spiro atoms. The minimum atomic E-state index is -0.765. The minimum absolute atomic E-state index is 0.546. The number of nitrogens with zero attached hydrogens (tertiary/aromatic N) is 3. The molecule has 0 aliphatic carbocycles. The van der Waals surface area contributed by atoms with Gasteiger partial charge in [-0.25, -0.2) is 4.79 Å². The Labute approximate surface area is 157 Å². The van der Waals surface area contributed by atoms with Crippen molar-refractivity contribution in [3.05, 3.63) is 29.6 Å². The van der Waals surface area contributed by atoms with E-state index in [-0.39, 0.29) is 0 Å². The van der Waals surface area contributed by atoms with Crippen LogP contribution in [0.5, 0.6) is 0 Å². The summed E-state index contributed by atoms with van der Waals surface area (Å²) in [5.74, 6) is 1.25. The fraction of sp³-hybridized carbons (Fsp3) is 0.714. The van der Waals surface area contributed by atoms with Crippen molar-refractivity contribution in [3.8, 4) is 0 Å². The quantitative estimate of drug-likeness (QED) is 0.883. The van der Waals surface area contributed by atoms with Gasteiger partial charge in [0.15, 0.2) is 0 Å². The van der Waals surface area contributed by atoms with Crippen LogP contribution in [0.15, 0.2) is 18.3 Å². The predicted octanol–water partition coefficient (Wildman–Crippen LogP) is 3.99. The maximum absolute atomic E-state index is 11.2. The van der Waals surface area contributed by atoms with E-state index in [4.69, 9.17) is 0 Å². The van der Waals surface area contributed by atoms with E-state index >= 15 is 0 Å². The maximum Gasteiger partial charge on any atom is 0.407 e. The lowest BCUT2D eigenvalue weighted by Gasteiger charge is -2.38. The minimum Gasteiger partial charge on any atom is -0.465 e. The topological polar surface area (TPSA) is 56.7 Å². The summed E-state index contributed by atoms with van der Waals surface area (Å²) in [4.78, 5) is 20.1. The standard InChI is InChI=1S/C21H33N3O2/c1-16(2)15-20-19(6-3-10-22-20)17-7-12-23(13-8-17)18-5-4-11-24(14-9-18)21(25)26/h3,6,10,16-18H,4-5,7-9,11-15H2,1-2H3,(H,25,26). The predicted molar refractivity (Wildman–Crippen MR) is 104 cm³/mol. The Kier molecular flexibility index (Phi) is 6.52. The molecule has 2 fully saturated rings. The second kappa shape index (κ2) is 8.85. The van der Waals surface area contributed by atoms with E-state index in [0.717, 1.165) is 38.8 Å². The summed E-state index contributed by atoms with van der Waals surface area (Å²) in [7, 11) is 0. The lowest BCUT2D eigenvalue weighted by molar-refractivity contribution is 0.131. The van der Waals surface area contributed by atoms with Crippen LogP contribution in [0, 0.1) is 5.92 Å². The monoisotopic (exact) mass is 359 g/mol. The van der Waals surface area contributed by atoms with Crippen molar-refractivity contribution in [2.45, 2.75) is 64.3 Å². The van der Waals surface area contributed by atoms with Gasteiger partial charge in [0.2, 0.25) is 0 Å². The molecule has 1 aromatic heterocycles. The first-order valence-electron chi connectivity index (χ1n) is 10.2. The molecule has 5 heteroatoms. The number of carboxylic acid groups (broad SMARTS) is 1. The largest absolute Gasteiger partial charge is 0.465 e. The van der Waals surface area contributed by atoms with Crippen molar-refractivity contribution < 1.29 is 9.90 Å². The van der Waals surface area contributed by atoms with E-state index in [1.54, 1.807) is 4.90 Å². The number of pyridine rings is 1. The van der Waals surface area contributed by atoms with Gasteiger partial charge in [0.1, 0.15) is 0 Å². The number of carbonyl (C=O) groups is 1. The van der Waals surface area contributed by atoms with Crippen LogP contribution in [0.2, 0.25) is 0 Å². The summed E-state index contributed by atoms with van der Waals surface area (Å²) >= 11 is 0. The zero-order valence-corrected chi connectivity index (χ0v) is 16.2. The van der Waals surface area contributed by atoms with Crippen molar-refractivity contribution >= 4 is 6.09 Å². The Hall–Kier alpha value is -1.62. The van der Waals surface area contributed by atoms with E-state index in [1.165, 1.54) is 24.1 Å². The average Bonchev–Trinajstić information content (AvgIpc) is 2.88. The molecule has 0 radical (unpaired) electrons.